The first kappa shape index (κ1) is 15.9. The summed E-state index contributed by atoms with van der Waals surface area (Å²) in [6, 6.07) is 14.3. The van der Waals surface area contributed by atoms with Crippen molar-refractivity contribution >= 4 is 28.4 Å². The Bertz CT molecular complexity index is 600. The van der Waals surface area contributed by atoms with Crippen LogP contribution >= 0.6 is 11.8 Å². The number of nitrogens with one attached hydrogen (secondary N) is 1. The third-order valence-electron chi connectivity index (χ3n) is 3.50. The van der Waals surface area contributed by atoms with Crippen LogP contribution in [0, 0.1) is 0 Å². The van der Waals surface area contributed by atoms with Crippen LogP contribution in [0.3, 0.4) is 0 Å². The Morgan fingerprint density at radius 1 is 1.24 bits per heavy atom. The number of carbonyl (C=O) groups is 1. The SMILES string of the molecule is CSCCCC(=O)NC(CN)c1ccc2ccccc2c1. The van der Waals surface area contributed by atoms with E-state index in [4.69, 9.17) is 5.73 Å². The molecule has 3 nitrogen and oxygen atoms in total. The van der Waals surface area contributed by atoms with Crippen molar-refractivity contribution in [1.29, 1.82) is 0 Å². The second-order valence-electron chi connectivity index (χ2n) is 5.06. The summed E-state index contributed by atoms with van der Waals surface area (Å²) in [5, 5.41) is 5.40. The predicted octanol–water partition coefficient (Wildman–Crippen LogP) is 3.10. The lowest BCUT2D eigenvalue weighted by Gasteiger charge is -2.18. The Hall–Kier alpha value is -1.52. The molecule has 0 fully saturated rings. The van der Waals surface area contributed by atoms with Gasteiger partial charge in [-0.05, 0) is 40.8 Å². The molecule has 3 N–H and O–H groups in total. The van der Waals surface area contributed by atoms with Crippen LogP contribution in [0.1, 0.15) is 24.4 Å². The minimum Gasteiger partial charge on any atom is -0.348 e. The van der Waals surface area contributed by atoms with Crippen LogP contribution in [0.25, 0.3) is 10.8 Å². The fraction of sp³-hybridized carbons (Fsp3) is 0.353. The summed E-state index contributed by atoms with van der Waals surface area (Å²) in [6.45, 7) is 0.409. The van der Waals surface area contributed by atoms with Crippen LogP contribution in [0.15, 0.2) is 42.5 Å². The molecule has 0 aliphatic carbocycles. The molecule has 1 unspecified atom stereocenters. The molecule has 1 atom stereocenters. The number of rotatable bonds is 7. The molecule has 0 aliphatic heterocycles. The molecular weight excluding hydrogens is 280 g/mol. The van der Waals surface area contributed by atoms with Gasteiger partial charge in [0, 0.05) is 13.0 Å². The summed E-state index contributed by atoms with van der Waals surface area (Å²) in [5.74, 6) is 1.09. The normalized spacial score (nSPS) is 12.3. The van der Waals surface area contributed by atoms with Crippen LogP contribution in [-0.2, 0) is 4.79 Å². The Labute approximate surface area is 130 Å². The maximum atomic E-state index is 11.9. The number of nitrogens with two attached hydrogens (primary N) is 1. The lowest BCUT2D eigenvalue weighted by molar-refractivity contribution is -0.121. The van der Waals surface area contributed by atoms with Crippen molar-refractivity contribution in [3.63, 3.8) is 0 Å². The molecule has 0 radical (unpaired) electrons. The third-order valence-corrected chi connectivity index (χ3v) is 4.20. The standard InChI is InChI=1S/C17H22N2OS/c1-21-10-4-7-17(20)19-16(12-18)15-9-8-13-5-2-3-6-14(13)11-15/h2-3,5-6,8-9,11,16H,4,7,10,12,18H2,1H3,(H,19,20). The van der Waals surface area contributed by atoms with Gasteiger partial charge in [0.25, 0.3) is 0 Å². The average molecular weight is 302 g/mol. The zero-order valence-corrected chi connectivity index (χ0v) is 13.2. The van der Waals surface area contributed by atoms with E-state index in [1.807, 2.05) is 18.2 Å². The molecule has 0 spiro atoms. The van der Waals surface area contributed by atoms with E-state index in [1.54, 1.807) is 11.8 Å². The highest BCUT2D eigenvalue weighted by atomic mass is 32.2. The van der Waals surface area contributed by atoms with Crippen molar-refractivity contribution in [2.45, 2.75) is 18.9 Å². The van der Waals surface area contributed by atoms with E-state index in [2.05, 4.69) is 35.8 Å². The zero-order valence-electron chi connectivity index (χ0n) is 12.3. The van der Waals surface area contributed by atoms with E-state index in [0.717, 1.165) is 17.7 Å². The first-order valence-electron chi connectivity index (χ1n) is 7.21. The molecule has 0 saturated carbocycles. The molecule has 112 valence electrons. The highest BCUT2D eigenvalue weighted by Gasteiger charge is 2.13. The fourth-order valence-electron chi connectivity index (χ4n) is 2.35. The summed E-state index contributed by atoms with van der Waals surface area (Å²) < 4.78 is 0. The summed E-state index contributed by atoms with van der Waals surface area (Å²) >= 11 is 1.76. The maximum absolute atomic E-state index is 11.9. The van der Waals surface area contributed by atoms with Gasteiger partial charge >= 0.3 is 0 Å². The number of benzene rings is 2. The number of amides is 1. The molecule has 0 heterocycles. The highest BCUT2D eigenvalue weighted by Crippen LogP contribution is 2.20. The predicted molar refractivity (Wildman–Crippen MR) is 91.5 cm³/mol. The highest BCUT2D eigenvalue weighted by molar-refractivity contribution is 7.98. The minimum absolute atomic E-state index is 0.0765. The second-order valence-corrected chi connectivity index (χ2v) is 6.04. The number of fused-ring (bicyclic) bond motifs is 1. The van der Waals surface area contributed by atoms with Crippen molar-refractivity contribution in [2.24, 2.45) is 5.73 Å². The van der Waals surface area contributed by atoms with Gasteiger partial charge in [-0.3, -0.25) is 4.79 Å². The maximum Gasteiger partial charge on any atom is 0.220 e. The summed E-state index contributed by atoms with van der Waals surface area (Å²) in [4.78, 5) is 11.9. The van der Waals surface area contributed by atoms with Gasteiger partial charge in [0.1, 0.15) is 0 Å². The first-order chi connectivity index (χ1) is 10.2. The molecule has 0 saturated heterocycles. The van der Waals surface area contributed by atoms with E-state index < -0.39 is 0 Å². The van der Waals surface area contributed by atoms with Gasteiger partial charge in [0.15, 0.2) is 0 Å². The van der Waals surface area contributed by atoms with Crippen molar-refractivity contribution in [3.05, 3.63) is 48.0 Å². The number of hydrogen-bond acceptors (Lipinski definition) is 3. The molecule has 2 rings (SSSR count). The lowest BCUT2D eigenvalue weighted by Crippen LogP contribution is -2.33. The molecule has 0 bridgehead atoms. The van der Waals surface area contributed by atoms with Crippen LogP contribution in [-0.4, -0.2) is 24.5 Å². The quantitative estimate of drug-likeness (QED) is 0.773. The minimum atomic E-state index is -0.114. The molecule has 1 amide bonds. The molecule has 0 aromatic heterocycles. The van der Waals surface area contributed by atoms with Crippen LogP contribution in [0.5, 0.6) is 0 Å². The Balaban J connectivity index is 2.06. The Morgan fingerprint density at radius 3 is 2.71 bits per heavy atom. The number of hydrogen-bond donors (Lipinski definition) is 2. The van der Waals surface area contributed by atoms with Crippen molar-refractivity contribution in [2.75, 3.05) is 18.6 Å². The lowest BCUT2D eigenvalue weighted by atomic mass is 10.0. The van der Waals surface area contributed by atoms with Crippen molar-refractivity contribution in [1.82, 2.24) is 5.32 Å². The summed E-state index contributed by atoms with van der Waals surface area (Å²) in [7, 11) is 0. The summed E-state index contributed by atoms with van der Waals surface area (Å²) in [5.41, 5.74) is 6.90. The van der Waals surface area contributed by atoms with Gasteiger partial charge in [0.2, 0.25) is 5.91 Å². The largest absolute Gasteiger partial charge is 0.348 e. The molecular formula is C17H22N2OS. The van der Waals surface area contributed by atoms with Crippen LogP contribution < -0.4 is 11.1 Å². The van der Waals surface area contributed by atoms with Crippen LogP contribution in [0.2, 0.25) is 0 Å². The van der Waals surface area contributed by atoms with Crippen molar-refractivity contribution < 1.29 is 4.79 Å². The smallest absolute Gasteiger partial charge is 0.220 e. The second kappa shape index (κ2) is 8.05. The van der Waals surface area contributed by atoms with Gasteiger partial charge in [-0.15, -0.1) is 0 Å². The number of thioether (sulfide) groups is 1. The van der Waals surface area contributed by atoms with E-state index in [0.29, 0.717) is 13.0 Å². The van der Waals surface area contributed by atoms with Gasteiger partial charge < -0.3 is 11.1 Å². The van der Waals surface area contributed by atoms with E-state index >= 15 is 0 Å². The fourth-order valence-corrected chi connectivity index (χ4v) is 2.78. The number of carbonyl (C=O) groups excluding carboxylic acids is 1. The van der Waals surface area contributed by atoms with E-state index in [9.17, 15) is 4.79 Å². The molecule has 4 heteroatoms. The third kappa shape index (κ3) is 4.48. The average Bonchev–Trinajstić information content (AvgIpc) is 2.52. The Morgan fingerprint density at radius 2 is 2.00 bits per heavy atom. The van der Waals surface area contributed by atoms with Crippen LogP contribution in [0.4, 0.5) is 0 Å². The van der Waals surface area contributed by atoms with Gasteiger partial charge in [0.05, 0.1) is 6.04 Å². The zero-order chi connectivity index (χ0) is 15.1. The Kier molecular flexibility index (Phi) is 6.08. The monoisotopic (exact) mass is 302 g/mol. The van der Waals surface area contributed by atoms with Gasteiger partial charge in [-0.25, -0.2) is 0 Å². The molecule has 2 aromatic rings. The topological polar surface area (TPSA) is 55.1 Å². The summed E-state index contributed by atoms with van der Waals surface area (Å²) in [6.07, 6.45) is 3.52. The van der Waals surface area contributed by atoms with Crippen molar-refractivity contribution in [3.8, 4) is 0 Å². The first-order valence-corrected chi connectivity index (χ1v) is 8.61. The molecule has 2 aromatic carbocycles. The van der Waals surface area contributed by atoms with E-state index in [1.165, 1.54) is 10.8 Å². The molecule has 21 heavy (non-hydrogen) atoms. The van der Waals surface area contributed by atoms with E-state index in [-0.39, 0.29) is 11.9 Å². The van der Waals surface area contributed by atoms with Gasteiger partial charge in [-0.1, -0.05) is 36.4 Å². The molecule has 0 aliphatic rings. The van der Waals surface area contributed by atoms with Gasteiger partial charge in [-0.2, -0.15) is 11.8 Å².